The maximum atomic E-state index is 13.4. The molecule has 6 nitrogen and oxygen atoms in total. The molecule has 1 aliphatic heterocycles. The normalized spacial score (nSPS) is 34.5. The lowest BCUT2D eigenvalue weighted by molar-refractivity contribution is -0.292. The number of halogens is 3. The number of ether oxygens (including phenoxy) is 3. The van der Waals surface area contributed by atoms with Crippen LogP contribution in [-0.4, -0.2) is 47.0 Å². The molecule has 0 aromatic carbocycles. The molecule has 0 aromatic rings. The van der Waals surface area contributed by atoms with Crippen molar-refractivity contribution in [2.75, 3.05) is 0 Å². The Balaban J connectivity index is 3.12. The molecule has 0 amide bonds. The zero-order valence-electron chi connectivity index (χ0n) is 11.0. The van der Waals surface area contributed by atoms with E-state index < -0.39 is 47.8 Å². The number of aliphatic hydroxyl groups is 1. The maximum absolute atomic E-state index is 13.4. The molecule has 1 unspecified atom stereocenters. The monoisotopic (exact) mass is 316 g/mol. The summed E-state index contributed by atoms with van der Waals surface area (Å²) >= 11 is 4.93. The van der Waals surface area contributed by atoms with Crippen molar-refractivity contribution in [1.82, 2.24) is 0 Å². The molecule has 0 spiro atoms. The molecule has 0 aromatic heterocycles. The second-order valence-corrected chi connectivity index (χ2v) is 4.95. The van der Waals surface area contributed by atoms with Gasteiger partial charge in [0.2, 0.25) is 0 Å². The van der Waals surface area contributed by atoms with Crippen LogP contribution in [0.4, 0.5) is 8.78 Å². The number of alkyl halides is 3. The molecule has 0 radical (unpaired) electrons. The minimum Gasteiger partial charge on any atom is -0.458 e. The third kappa shape index (κ3) is 4.00. The van der Waals surface area contributed by atoms with Gasteiger partial charge in [0, 0.05) is 13.8 Å². The van der Waals surface area contributed by atoms with Crippen molar-refractivity contribution in [3.8, 4) is 0 Å². The molecule has 1 aliphatic rings. The van der Waals surface area contributed by atoms with Crippen molar-refractivity contribution < 1.29 is 37.7 Å². The topological polar surface area (TPSA) is 82.1 Å². The van der Waals surface area contributed by atoms with Crippen molar-refractivity contribution >= 4 is 23.5 Å². The van der Waals surface area contributed by atoms with Gasteiger partial charge in [-0.05, 0) is 18.5 Å². The molecule has 0 aliphatic carbocycles. The number of rotatable bonds is 3. The molecular formula is C11H15ClF2O6. The Bertz CT molecular complexity index is 386. The highest BCUT2D eigenvalue weighted by molar-refractivity contribution is 6.22. The molecule has 0 bridgehead atoms. The van der Waals surface area contributed by atoms with E-state index in [1.165, 1.54) is 6.92 Å². The lowest BCUT2D eigenvalue weighted by atomic mass is 9.91. The average molecular weight is 317 g/mol. The van der Waals surface area contributed by atoms with Crippen molar-refractivity contribution in [3.63, 3.8) is 0 Å². The predicted molar refractivity (Wildman–Crippen MR) is 62.0 cm³/mol. The zero-order valence-corrected chi connectivity index (χ0v) is 11.8. The highest BCUT2D eigenvalue weighted by Crippen LogP contribution is 2.41. The summed E-state index contributed by atoms with van der Waals surface area (Å²) in [7, 11) is 0. The van der Waals surface area contributed by atoms with E-state index in [1.807, 2.05) is 0 Å². The number of hydrogen-bond donors (Lipinski definition) is 1. The smallest absolute Gasteiger partial charge is 0.333 e. The van der Waals surface area contributed by atoms with Gasteiger partial charge in [-0.25, -0.2) is 0 Å². The zero-order chi connectivity index (χ0) is 15.7. The number of esters is 2. The average Bonchev–Trinajstić information content (AvgIpc) is 2.20. The van der Waals surface area contributed by atoms with Gasteiger partial charge in [-0.3, -0.25) is 9.59 Å². The van der Waals surface area contributed by atoms with Gasteiger partial charge in [-0.2, -0.15) is 8.78 Å². The molecule has 0 saturated carbocycles. The number of carbonyl (C=O) groups is 2. The van der Waals surface area contributed by atoms with Gasteiger partial charge in [-0.15, -0.1) is 0 Å². The van der Waals surface area contributed by atoms with E-state index in [2.05, 4.69) is 0 Å². The van der Waals surface area contributed by atoms with E-state index in [0.29, 0.717) is 0 Å². The van der Waals surface area contributed by atoms with Crippen LogP contribution in [0.5, 0.6) is 0 Å². The summed E-state index contributed by atoms with van der Waals surface area (Å²) in [6.07, 6.45) is -5.83. The van der Waals surface area contributed by atoms with E-state index in [0.717, 1.165) is 13.8 Å². The van der Waals surface area contributed by atoms with Crippen molar-refractivity contribution in [1.29, 1.82) is 0 Å². The molecule has 1 saturated heterocycles. The van der Waals surface area contributed by atoms with Crippen LogP contribution in [0.1, 0.15) is 20.8 Å². The lowest BCUT2D eigenvalue weighted by Gasteiger charge is -2.43. The summed E-state index contributed by atoms with van der Waals surface area (Å²) in [5.41, 5.74) is 0. The fraction of sp³-hybridized carbons (Fsp3) is 0.818. The van der Waals surface area contributed by atoms with Crippen LogP contribution in [0, 0.1) is 5.92 Å². The maximum Gasteiger partial charge on any atom is 0.333 e. The molecule has 20 heavy (non-hydrogen) atoms. The molecule has 1 fully saturated rings. The van der Waals surface area contributed by atoms with Crippen molar-refractivity contribution in [3.05, 3.63) is 0 Å². The standard InChI is InChI=1S/C11H15ClF2O6/c1-4-8(19-5(2)15)9(20-6(3)16)7(10(17)18-4)11(12,13)14/h4,7-10,17H,1-3H3/t4-,7-,8-,9-,10?/m0/s1. The highest BCUT2D eigenvalue weighted by Gasteiger charge is 2.57. The summed E-state index contributed by atoms with van der Waals surface area (Å²) in [6, 6.07) is 0. The van der Waals surface area contributed by atoms with Crippen LogP contribution < -0.4 is 0 Å². The Morgan fingerprint density at radius 2 is 1.65 bits per heavy atom. The van der Waals surface area contributed by atoms with Crippen molar-refractivity contribution in [2.24, 2.45) is 5.92 Å². The molecule has 1 N–H and O–H groups in total. The summed E-state index contributed by atoms with van der Waals surface area (Å²) < 4.78 is 41.3. The Hall–Kier alpha value is -0.990. The predicted octanol–water partition coefficient (Wildman–Crippen LogP) is 1.03. The summed E-state index contributed by atoms with van der Waals surface area (Å²) in [6.45, 7) is 3.45. The van der Waals surface area contributed by atoms with E-state index in [4.69, 9.17) is 25.8 Å². The minimum atomic E-state index is -3.92. The first kappa shape index (κ1) is 17.1. The van der Waals surface area contributed by atoms with E-state index >= 15 is 0 Å². The van der Waals surface area contributed by atoms with Crippen molar-refractivity contribution in [2.45, 2.75) is 50.8 Å². The van der Waals surface area contributed by atoms with E-state index in [9.17, 15) is 23.5 Å². The molecule has 1 heterocycles. The van der Waals surface area contributed by atoms with Crippen LogP contribution in [-0.2, 0) is 23.8 Å². The van der Waals surface area contributed by atoms with Crippen LogP contribution in [0.3, 0.4) is 0 Å². The molecule has 5 atom stereocenters. The first-order chi connectivity index (χ1) is 9.04. The number of carbonyl (C=O) groups excluding carboxylic acids is 2. The van der Waals surface area contributed by atoms with Gasteiger partial charge in [0.25, 0.3) is 0 Å². The van der Waals surface area contributed by atoms with E-state index in [1.54, 1.807) is 0 Å². The Labute approximate surface area is 118 Å². The third-order valence-corrected chi connectivity index (χ3v) is 3.04. The van der Waals surface area contributed by atoms with Gasteiger partial charge in [-0.1, -0.05) is 0 Å². The number of aliphatic hydroxyl groups excluding tert-OH is 1. The van der Waals surface area contributed by atoms with Gasteiger partial charge >= 0.3 is 17.3 Å². The van der Waals surface area contributed by atoms with Gasteiger partial charge < -0.3 is 19.3 Å². The fourth-order valence-corrected chi connectivity index (χ4v) is 2.28. The van der Waals surface area contributed by atoms with Crippen LogP contribution >= 0.6 is 11.6 Å². The molecular weight excluding hydrogens is 302 g/mol. The van der Waals surface area contributed by atoms with Crippen LogP contribution in [0.15, 0.2) is 0 Å². The largest absolute Gasteiger partial charge is 0.458 e. The SMILES string of the molecule is CC(=O)O[C@@H]1[C@@H](OC(C)=O)[C@H](C(F)(F)Cl)C(O)O[C@H]1C. The Morgan fingerprint density at radius 3 is 2.05 bits per heavy atom. The fourth-order valence-electron chi connectivity index (χ4n) is 2.05. The molecule has 1 rings (SSSR count). The molecule has 116 valence electrons. The molecule has 9 heteroatoms. The minimum absolute atomic E-state index is 0.768. The van der Waals surface area contributed by atoms with Gasteiger partial charge in [0.1, 0.15) is 5.92 Å². The lowest BCUT2D eigenvalue weighted by Crippen LogP contribution is -2.60. The first-order valence-electron chi connectivity index (χ1n) is 5.78. The number of hydrogen-bond acceptors (Lipinski definition) is 6. The van der Waals surface area contributed by atoms with E-state index in [-0.39, 0.29) is 0 Å². The second kappa shape index (κ2) is 6.19. The van der Waals surface area contributed by atoms with Gasteiger partial charge in [0.15, 0.2) is 18.5 Å². The van der Waals surface area contributed by atoms with Gasteiger partial charge in [0.05, 0.1) is 6.10 Å². The van der Waals surface area contributed by atoms with Crippen LogP contribution in [0.2, 0.25) is 0 Å². The first-order valence-corrected chi connectivity index (χ1v) is 6.16. The highest BCUT2D eigenvalue weighted by atomic mass is 35.5. The summed E-state index contributed by atoms with van der Waals surface area (Å²) in [4.78, 5) is 22.1. The Kier molecular flexibility index (Phi) is 5.28. The third-order valence-electron chi connectivity index (χ3n) is 2.78. The summed E-state index contributed by atoms with van der Waals surface area (Å²) in [5.74, 6) is -3.70. The summed E-state index contributed by atoms with van der Waals surface area (Å²) in [5, 5.41) is 5.67. The Morgan fingerprint density at radius 1 is 1.20 bits per heavy atom. The second-order valence-electron chi connectivity index (χ2n) is 4.45. The van der Waals surface area contributed by atoms with Crippen LogP contribution in [0.25, 0.3) is 0 Å². The quantitative estimate of drug-likeness (QED) is 0.619.